The molecular weight excluding hydrogens is 362 g/mol. The predicted octanol–water partition coefficient (Wildman–Crippen LogP) is 0.241. The Morgan fingerprint density at radius 2 is 1.86 bits per heavy atom. The number of carbonyl (C=O) groups is 1. The van der Waals surface area contributed by atoms with Crippen LogP contribution in [-0.2, 0) is 18.8 Å². The third-order valence-electron chi connectivity index (χ3n) is 4.93. The molecule has 1 amide bonds. The van der Waals surface area contributed by atoms with Crippen LogP contribution in [0.2, 0.25) is 0 Å². The molecule has 0 aromatic carbocycles. The summed E-state index contributed by atoms with van der Waals surface area (Å²) in [5, 5.41) is 0.355. The number of rotatable bonds is 2. The lowest BCUT2D eigenvalue weighted by Gasteiger charge is -2.32. The van der Waals surface area contributed by atoms with E-state index in [1.54, 1.807) is 48.6 Å². The van der Waals surface area contributed by atoms with Gasteiger partial charge in [0.1, 0.15) is 11.8 Å². The summed E-state index contributed by atoms with van der Waals surface area (Å²) in [5.41, 5.74) is 0.597. The van der Waals surface area contributed by atoms with Crippen LogP contribution in [0.4, 0.5) is 0 Å². The summed E-state index contributed by atoms with van der Waals surface area (Å²) in [4.78, 5) is 47.3. The lowest BCUT2D eigenvalue weighted by atomic mass is 10.1. The minimum absolute atomic E-state index is 0.0993. The van der Waals surface area contributed by atoms with Crippen molar-refractivity contribution >= 4 is 16.9 Å². The van der Waals surface area contributed by atoms with Crippen molar-refractivity contribution in [3.05, 3.63) is 68.8 Å². The van der Waals surface area contributed by atoms with Crippen molar-refractivity contribution < 1.29 is 9.53 Å². The predicted molar refractivity (Wildman–Crippen MR) is 101 cm³/mol. The van der Waals surface area contributed by atoms with Crippen molar-refractivity contribution in [1.82, 2.24) is 24.0 Å². The maximum Gasteiger partial charge on any atom is 0.332 e. The first kappa shape index (κ1) is 18.1. The van der Waals surface area contributed by atoms with Crippen LogP contribution >= 0.6 is 0 Å². The van der Waals surface area contributed by atoms with E-state index in [-0.39, 0.29) is 5.91 Å². The molecule has 0 unspecified atom stereocenters. The topological polar surface area (TPSA) is 99.3 Å². The molecule has 9 nitrogen and oxygen atoms in total. The van der Waals surface area contributed by atoms with E-state index in [1.165, 1.54) is 11.6 Å². The molecule has 3 aromatic heterocycles. The molecule has 28 heavy (non-hydrogen) atoms. The summed E-state index contributed by atoms with van der Waals surface area (Å²) in [5.74, 6) is -0.0993. The highest BCUT2D eigenvalue weighted by molar-refractivity contribution is 5.94. The molecule has 1 saturated heterocycles. The molecule has 0 aliphatic carbocycles. The van der Waals surface area contributed by atoms with Crippen LogP contribution in [0.25, 0.3) is 11.0 Å². The lowest BCUT2D eigenvalue weighted by molar-refractivity contribution is -0.0246. The number of morpholine rings is 1. The van der Waals surface area contributed by atoms with Gasteiger partial charge in [-0.3, -0.25) is 23.7 Å². The number of nitrogens with zero attached hydrogens (tertiary/aromatic N) is 5. The van der Waals surface area contributed by atoms with E-state index in [9.17, 15) is 14.4 Å². The molecule has 1 fully saturated rings. The Bertz CT molecular complexity index is 1170. The van der Waals surface area contributed by atoms with Crippen LogP contribution in [0.1, 0.15) is 22.2 Å². The quantitative estimate of drug-likeness (QED) is 0.631. The average molecular weight is 381 g/mol. The summed E-state index contributed by atoms with van der Waals surface area (Å²) < 4.78 is 8.20. The molecule has 9 heteroatoms. The van der Waals surface area contributed by atoms with E-state index in [0.29, 0.717) is 42.0 Å². The maximum absolute atomic E-state index is 12.7. The number of carbonyl (C=O) groups excluding carboxylic acids is 1. The highest BCUT2D eigenvalue weighted by atomic mass is 16.5. The van der Waals surface area contributed by atoms with Gasteiger partial charge in [0.25, 0.3) is 11.5 Å². The number of fused-ring (bicyclic) bond motifs is 1. The van der Waals surface area contributed by atoms with Crippen LogP contribution in [0.15, 0.2) is 46.2 Å². The molecule has 4 heterocycles. The van der Waals surface area contributed by atoms with Crippen LogP contribution in [-0.4, -0.2) is 49.6 Å². The highest BCUT2D eigenvalue weighted by Crippen LogP contribution is 2.23. The molecular formula is C19H19N5O4. The van der Waals surface area contributed by atoms with Crippen molar-refractivity contribution in [3.8, 4) is 0 Å². The van der Waals surface area contributed by atoms with Crippen molar-refractivity contribution in [2.24, 2.45) is 14.1 Å². The summed E-state index contributed by atoms with van der Waals surface area (Å²) in [7, 11) is 3.01. The number of aryl methyl sites for hydroxylation is 1. The SMILES string of the molecule is Cn1c(=O)c2ccc([C@H]3CN(C(=O)c4ccncc4)CCO3)nc2n(C)c1=O. The Balaban J connectivity index is 1.67. The normalized spacial score (nSPS) is 17.1. The molecule has 0 saturated carbocycles. The Morgan fingerprint density at radius 1 is 1.11 bits per heavy atom. The molecule has 0 radical (unpaired) electrons. The van der Waals surface area contributed by atoms with Crippen LogP contribution in [0.3, 0.4) is 0 Å². The Kier molecular flexibility index (Phi) is 4.52. The number of hydrogen-bond acceptors (Lipinski definition) is 6. The number of ether oxygens (including phenoxy) is 1. The Hall–Kier alpha value is -3.33. The standard InChI is InChI=1S/C19H19N5O4/c1-22-16-13(18(26)23(2)19(22)27)3-4-14(21-16)15-11-24(9-10-28-15)17(25)12-5-7-20-8-6-12/h3-8,15H,9-11H2,1-2H3/t15-/m1/s1. The van der Waals surface area contributed by atoms with Gasteiger partial charge >= 0.3 is 5.69 Å². The minimum atomic E-state index is -0.443. The molecule has 4 rings (SSSR count). The van der Waals surface area contributed by atoms with Gasteiger partial charge in [0.2, 0.25) is 0 Å². The molecule has 0 N–H and O–H groups in total. The van der Waals surface area contributed by atoms with Crippen LogP contribution < -0.4 is 11.2 Å². The van der Waals surface area contributed by atoms with E-state index in [1.807, 2.05) is 0 Å². The van der Waals surface area contributed by atoms with E-state index in [0.717, 1.165) is 4.57 Å². The second-order valence-corrected chi connectivity index (χ2v) is 6.66. The van der Waals surface area contributed by atoms with Gasteiger partial charge in [0.05, 0.1) is 24.2 Å². The Morgan fingerprint density at radius 3 is 2.61 bits per heavy atom. The number of pyridine rings is 2. The van der Waals surface area contributed by atoms with E-state index in [4.69, 9.17) is 4.74 Å². The average Bonchev–Trinajstić information content (AvgIpc) is 2.76. The maximum atomic E-state index is 12.7. The molecule has 1 aliphatic rings. The molecule has 0 bridgehead atoms. The smallest absolute Gasteiger partial charge is 0.332 e. The number of hydrogen-bond donors (Lipinski definition) is 0. The minimum Gasteiger partial charge on any atom is -0.368 e. The third-order valence-corrected chi connectivity index (χ3v) is 4.93. The fourth-order valence-electron chi connectivity index (χ4n) is 3.34. The van der Waals surface area contributed by atoms with E-state index < -0.39 is 17.4 Å². The zero-order valence-electron chi connectivity index (χ0n) is 15.5. The summed E-state index contributed by atoms with van der Waals surface area (Å²) in [6.45, 7) is 1.18. The van der Waals surface area contributed by atoms with Crippen LogP contribution in [0, 0.1) is 0 Å². The van der Waals surface area contributed by atoms with Crippen molar-refractivity contribution in [3.63, 3.8) is 0 Å². The molecule has 1 atom stereocenters. The fourth-order valence-corrected chi connectivity index (χ4v) is 3.34. The van der Waals surface area contributed by atoms with E-state index >= 15 is 0 Å². The van der Waals surface area contributed by atoms with Gasteiger partial charge in [-0.25, -0.2) is 9.78 Å². The van der Waals surface area contributed by atoms with Gasteiger partial charge in [0, 0.05) is 38.6 Å². The fraction of sp³-hybridized carbons (Fsp3) is 0.316. The largest absolute Gasteiger partial charge is 0.368 e. The molecule has 3 aromatic rings. The lowest BCUT2D eigenvalue weighted by Crippen LogP contribution is -2.42. The summed E-state index contributed by atoms with van der Waals surface area (Å²) in [6.07, 6.45) is 2.72. The van der Waals surface area contributed by atoms with Crippen molar-refractivity contribution in [2.75, 3.05) is 19.7 Å². The summed E-state index contributed by atoms with van der Waals surface area (Å²) in [6, 6.07) is 6.70. The monoisotopic (exact) mass is 381 g/mol. The first-order valence-electron chi connectivity index (χ1n) is 8.85. The summed E-state index contributed by atoms with van der Waals surface area (Å²) >= 11 is 0. The van der Waals surface area contributed by atoms with Gasteiger partial charge in [-0.05, 0) is 24.3 Å². The van der Waals surface area contributed by atoms with Crippen LogP contribution in [0.5, 0.6) is 0 Å². The number of amides is 1. The van der Waals surface area contributed by atoms with Gasteiger partial charge < -0.3 is 9.64 Å². The van der Waals surface area contributed by atoms with Gasteiger partial charge in [-0.2, -0.15) is 0 Å². The van der Waals surface area contributed by atoms with Crippen molar-refractivity contribution in [2.45, 2.75) is 6.10 Å². The first-order valence-corrected chi connectivity index (χ1v) is 8.85. The van der Waals surface area contributed by atoms with Gasteiger partial charge in [0.15, 0.2) is 0 Å². The Labute approximate surface area is 159 Å². The van der Waals surface area contributed by atoms with Gasteiger partial charge in [-0.15, -0.1) is 0 Å². The first-order chi connectivity index (χ1) is 13.5. The zero-order chi connectivity index (χ0) is 19.8. The van der Waals surface area contributed by atoms with Gasteiger partial charge in [-0.1, -0.05) is 0 Å². The molecule has 144 valence electrons. The second-order valence-electron chi connectivity index (χ2n) is 6.66. The van der Waals surface area contributed by atoms with Crippen molar-refractivity contribution in [1.29, 1.82) is 0 Å². The third kappa shape index (κ3) is 2.99. The van der Waals surface area contributed by atoms with E-state index in [2.05, 4.69) is 9.97 Å². The zero-order valence-corrected chi connectivity index (χ0v) is 15.5. The second kappa shape index (κ2) is 7.01. The highest BCUT2D eigenvalue weighted by Gasteiger charge is 2.27. The molecule has 1 aliphatic heterocycles. The molecule has 0 spiro atoms. The number of aromatic nitrogens is 4.